The number of hydrogen-bond donors (Lipinski definition) is 0. The molecule has 0 fully saturated rings. The molecule has 0 N–H and O–H groups in total. The number of rotatable bonds is 6. The van der Waals surface area contributed by atoms with Crippen molar-refractivity contribution in [3.8, 4) is 33.4 Å². The van der Waals surface area contributed by atoms with E-state index in [1.54, 1.807) is 0 Å². The van der Waals surface area contributed by atoms with E-state index in [2.05, 4.69) is 199 Å². The number of benzene rings is 9. The van der Waals surface area contributed by atoms with Gasteiger partial charge in [-0.05, 0) is 99.3 Å². The summed E-state index contributed by atoms with van der Waals surface area (Å²) in [4.78, 5) is 2.41. The van der Waals surface area contributed by atoms with E-state index in [1.807, 2.05) is 17.4 Å². The summed E-state index contributed by atoms with van der Waals surface area (Å²) >= 11 is 1.85. The van der Waals surface area contributed by atoms with Crippen LogP contribution >= 0.6 is 11.3 Å². The second-order valence-corrected chi connectivity index (χ2v) is 15.1. The van der Waals surface area contributed by atoms with Crippen molar-refractivity contribution in [3.05, 3.63) is 200 Å². The van der Waals surface area contributed by atoms with Crippen LogP contribution in [-0.2, 0) is 0 Å². The average molecular weight is 720 g/mol. The van der Waals surface area contributed by atoms with Crippen molar-refractivity contribution < 1.29 is 4.42 Å². The number of para-hydroxylation sites is 2. The molecule has 55 heavy (non-hydrogen) atoms. The van der Waals surface area contributed by atoms with Gasteiger partial charge in [-0.1, -0.05) is 140 Å². The Morgan fingerprint density at radius 3 is 1.93 bits per heavy atom. The molecule has 3 heteroatoms. The number of fused-ring (bicyclic) bond motifs is 7. The van der Waals surface area contributed by atoms with Crippen LogP contribution in [0.3, 0.4) is 0 Å². The third kappa shape index (κ3) is 5.32. The van der Waals surface area contributed by atoms with Gasteiger partial charge in [0.05, 0.1) is 5.69 Å². The van der Waals surface area contributed by atoms with Gasteiger partial charge in [-0.25, -0.2) is 0 Å². The Balaban J connectivity index is 1.10. The lowest BCUT2D eigenvalue weighted by molar-refractivity contribution is 0.669. The van der Waals surface area contributed by atoms with Gasteiger partial charge in [0, 0.05) is 47.9 Å². The molecule has 11 aromatic rings. The van der Waals surface area contributed by atoms with E-state index in [1.165, 1.54) is 53.2 Å². The molecule has 258 valence electrons. The Hall–Kier alpha value is -6.94. The molecule has 2 nitrogen and oxygen atoms in total. The normalized spacial score (nSPS) is 11.6. The third-order valence-corrected chi connectivity index (χ3v) is 12.0. The van der Waals surface area contributed by atoms with Gasteiger partial charge in [0.15, 0.2) is 0 Å². The first-order valence-corrected chi connectivity index (χ1v) is 19.5. The fourth-order valence-electron chi connectivity index (χ4n) is 8.32. The minimum Gasteiger partial charge on any atom is -0.456 e. The number of hydrogen-bond acceptors (Lipinski definition) is 3. The third-order valence-electron chi connectivity index (χ3n) is 10.9. The average Bonchev–Trinajstić information content (AvgIpc) is 3.82. The van der Waals surface area contributed by atoms with Gasteiger partial charge >= 0.3 is 0 Å². The fraction of sp³-hybridized carbons (Fsp3) is 0. The molecule has 2 heterocycles. The minimum atomic E-state index is 0.887. The smallest absolute Gasteiger partial charge is 0.136 e. The molecule has 0 aliphatic heterocycles. The molecule has 2 aromatic heterocycles. The highest BCUT2D eigenvalue weighted by atomic mass is 32.1. The lowest BCUT2D eigenvalue weighted by Gasteiger charge is -2.28. The SMILES string of the molecule is c1cc(-c2ccc3sc4ccccc4c3c2)cc(N(c2ccc(-c3cccc4ccccc34)cc2)c2ccccc2-c2cccc3oc4ccccc4c23)c1. The van der Waals surface area contributed by atoms with Crippen molar-refractivity contribution in [2.45, 2.75) is 0 Å². The summed E-state index contributed by atoms with van der Waals surface area (Å²) in [5, 5.41) is 7.35. The van der Waals surface area contributed by atoms with Crippen LogP contribution in [0, 0.1) is 0 Å². The second kappa shape index (κ2) is 12.9. The van der Waals surface area contributed by atoms with Crippen LogP contribution in [0.4, 0.5) is 17.1 Å². The standard InChI is InChI=1S/C52H33NOS/c1-2-16-40-34(12-1)13-10-20-41(40)35-26-29-38(30-27-35)53(39-15-9-14-36(32-39)37-28-31-51-46(33-37)43-18-5-8-25-50(43)55-51)47-22-6-3-17-42(47)44-21-11-24-49-52(44)45-19-4-7-23-48(45)54-49/h1-33H. The maximum absolute atomic E-state index is 6.37. The summed E-state index contributed by atoms with van der Waals surface area (Å²) in [7, 11) is 0. The maximum atomic E-state index is 6.37. The van der Waals surface area contributed by atoms with Crippen molar-refractivity contribution in [1.82, 2.24) is 0 Å². The molecular formula is C52H33NOS. The van der Waals surface area contributed by atoms with E-state index in [0.717, 1.165) is 50.1 Å². The maximum Gasteiger partial charge on any atom is 0.136 e. The fourth-order valence-corrected chi connectivity index (χ4v) is 9.41. The Labute approximate surface area is 322 Å². The van der Waals surface area contributed by atoms with Gasteiger partial charge in [-0.2, -0.15) is 0 Å². The zero-order valence-electron chi connectivity index (χ0n) is 29.8. The summed E-state index contributed by atoms with van der Waals surface area (Å²) in [6.45, 7) is 0. The Kier molecular flexibility index (Phi) is 7.39. The van der Waals surface area contributed by atoms with Crippen molar-refractivity contribution in [3.63, 3.8) is 0 Å². The molecule has 0 bridgehead atoms. The molecule has 0 unspecified atom stereocenters. The molecule has 0 saturated heterocycles. The lowest BCUT2D eigenvalue weighted by atomic mass is 9.96. The first-order chi connectivity index (χ1) is 27.3. The summed E-state index contributed by atoms with van der Waals surface area (Å²) in [6.07, 6.45) is 0. The predicted molar refractivity (Wildman–Crippen MR) is 235 cm³/mol. The minimum absolute atomic E-state index is 0.887. The molecule has 0 aliphatic carbocycles. The van der Waals surface area contributed by atoms with Crippen LogP contribution in [0.15, 0.2) is 205 Å². The summed E-state index contributed by atoms with van der Waals surface area (Å²) < 4.78 is 9.00. The van der Waals surface area contributed by atoms with Crippen molar-refractivity contribution in [2.24, 2.45) is 0 Å². The number of furan rings is 1. The topological polar surface area (TPSA) is 16.4 Å². The molecule has 0 aliphatic rings. The monoisotopic (exact) mass is 719 g/mol. The lowest BCUT2D eigenvalue weighted by Crippen LogP contribution is -2.11. The van der Waals surface area contributed by atoms with Gasteiger partial charge in [0.25, 0.3) is 0 Å². The first-order valence-electron chi connectivity index (χ1n) is 18.7. The van der Waals surface area contributed by atoms with Gasteiger partial charge in [0.2, 0.25) is 0 Å². The molecule has 0 saturated carbocycles. The molecular weight excluding hydrogens is 687 g/mol. The van der Waals surface area contributed by atoms with E-state index in [0.29, 0.717) is 0 Å². The van der Waals surface area contributed by atoms with Crippen LogP contribution in [0.5, 0.6) is 0 Å². The largest absolute Gasteiger partial charge is 0.456 e. The van der Waals surface area contributed by atoms with Crippen molar-refractivity contribution in [1.29, 1.82) is 0 Å². The first kappa shape index (κ1) is 31.6. The second-order valence-electron chi connectivity index (χ2n) is 14.1. The highest BCUT2D eigenvalue weighted by molar-refractivity contribution is 7.25. The van der Waals surface area contributed by atoms with Crippen LogP contribution in [0.1, 0.15) is 0 Å². The van der Waals surface area contributed by atoms with E-state index < -0.39 is 0 Å². The number of anilines is 3. The molecule has 0 spiro atoms. The van der Waals surface area contributed by atoms with Gasteiger partial charge in [0.1, 0.15) is 11.2 Å². The van der Waals surface area contributed by atoms with Gasteiger partial charge in [-0.3, -0.25) is 0 Å². The van der Waals surface area contributed by atoms with E-state index >= 15 is 0 Å². The zero-order valence-corrected chi connectivity index (χ0v) is 30.6. The zero-order chi connectivity index (χ0) is 36.3. The predicted octanol–water partition coefficient (Wildman–Crippen LogP) is 15.6. The molecule has 11 rings (SSSR count). The van der Waals surface area contributed by atoms with Crippen molar-refractivity contribution >= 4 is 81.3 Å². The molecule has 9 aromatic carbocycles. The highest BCUT2D eigenvalue weighted by Crippen LogP contribution is 2.46. The van der Waals surface area contributed by atoms with E-state index in [4.69, 9.17) is 4.42 Å². The Morgan fingerprint density at radius 1 is 0.364 bits per heavy atom. The van der Waals surface area contributed by atoms with Crippen LogP contribution < -0.4 is 4.90 Å². The molecule has 0 amide bonds. The quantitative estimate of drug-likeness (QED) is 0.170. The van der Waals surface area contributed by atoms with E-state index in [-0.39, 0.29) is 0 Å². The van der Waals surface area contributed by atoms with Gasteiger partial charge < -0.3 is 9.32 Å². The number of thiophene rings is 1. The Morgan fingerprint density at radius 2 is 1.00 bits per heavy atom. The van der Waals surface area contributed by atoms with Crippen LogP contribution in [0.2, 0.25) is 0 Å². The Bertz CT molecular complexity index is 3220. The molecule has 0 radical (unpaired) electrons. The van der Waals surface area contributed by atoms with E-state index in [9.17, 15) is 0 Å². The van der Waals surface area contributed by atoms with Crippen molar-refractivity contribution in [2.75, 3.05) is 4.90 Å². The van der Waals surface area contributed by atoms with Gasteiger partial charge in [-0.15, -0.1) is 11.3 Å². The summed E-state index contributed by atoms with van der Waals surface area (Å²) in [6, 6.07) is 72.3. The van der Waals surface area contributed by atoms with Crippen LogP contribution in [-0.4, -0.2) is 0 Å². The summed E-state index contributed by atoms with van der Waals surface area (Å²) in [5.74, 6) is 0. The highest BCUT2D eigenvalue weighted by Gasteiger charge is 2.21. The van der Waals surface area contributed by atoms with Crippen LogP contribution in [0.25, 0.3) is 86.3 Å². The number of nitrogens with zero attached hydrogens (tertiary/aromatic N) is 1. The molecule has 0 atom stereocenters. The summed E-state index contributed by atoms with van der Waals surface area (Å²) in [5.41, 5.74) is 12.1.